The number of para-hydroxylation sites is 1. The minimum atomic E-state index is -0.574. The quantitative estimate of drug-likeness (QED) is 0.435. The summed E-state index contributed by atoms with van der Waals surface area (Å²) >= 11 is 1.58. The molecule has 0 radical (unpaired) electrons. The number of nitriles is 1. The first kappa shape index (κ1) is 19.2. The highest BCUT2D eigenvalue weighted by atomic mass is 32.2. The van der Waals surface area contributed by atoms with E-state index in [4.69, 9.17) is 0 Å². The van der Waals surface area contributed by atoms with Crippen LogP contribution in [0.1, 0.15) is 0 Å². The molecule has 0 saturated heterocycles. The minimum Gasteiger partial charge on any atom is -0.359 e. The SMILES string of the molecule is N#C/C(=C/Nc1ccccc1Sc1ccccc1)C(=O)Nc1ccc(F)cc1. The first-order valence-corrected chi connectivity index (χ1v) is 9.23. The molecule has 0 spiro atoms. The van der Waals surface area contributed by atoms with Crippen LogP contribution in [0.2, 0.25) is 0 Å². The normalized spacial score (nSPS) is 10.8. The lowest BCUT2D eigenvalue weighted by molar-refractivity contribution is -0.112. The van der Waals surface area contributed by atoms with Crippen LogP contribution in [0.25, 0.3) is 0 Å². The van der Waals surface area contributed by atoms with E-state index in [9.17, 15) is 14.4 Å². The maximum Gasteiger partial charge on any atom is 0.267 e. The van der Waals surface area contributed by atoms with Crippen LogP contribution in [0.15, 0.2) is 100 Å². The van der Waals surface area contributed by atoms with Gasteiger partial charge in [0.15, 0.2) is 0 Å². The van der Waals surface area contributed by atoms with Crippen LogP contribution in [0.5, 0.6) is 0 Å². The summed E-state index contributed by atoms with van der Waals surface area (Å²) in [6, 6.07) is 24.7. The fourth-order valence-corrected chi connectivity index (χ4v) is 3.25. The first-order valence-electron chi connectivity index (χ1n) is 8.41. The molecule has 4 nitrogen and oxygen atoms in total. The van der Waals surface area contributed by atoms with Crippen molar-refractivity contribution in [1.82, 2.24) is 0 Å². The van der Waals surface area contributed by atoms with Crippen LogP contribution in [-0.2, 0) is 4.79 Å². The summed E-state index contributed by atoms with van der Waals surface area (Å²) in [6.07, 6.45) is 1.36. The van der Waals surface area contributed by atoms with Crippen molar-refractivity contribution < 1.29 is 9.18 Å². The number of halogens is 1. The van der Waals surface area contributed by atoms with Gasteiger partial charge >= 0.3 is 0 Å². The van der Waals surface area contributed by atoms with E-state index in [1.54, 1.807) is 11.8 Å². The van der Waals surface area contributed by atoms with Crippen molar-refractivity contribution in [1.29, 1.82) is 5.26 Å². The molecule has 0 fully saturated rings. The van der Waals surface area contributed by atoms with Gasteiger partial charge in [-0.05, 0) is 48.5 Å². The van der Waals surface area contributed by atoms with Crippen molar-refractivity contribution in [2.75, 3.05) is 10.6 Å². The van der Waals surface area contributed by atoms with E-state index in [2.05, 4.69) is 10.6 Å². The van der Waals surface area contributed by atoms with E-state index >= 15 is 0 Å². The Hall–Kier alpha value is -3.56. The number of nitrogens with one attached hydrogen (secondary N) is 2. The van der Waals surface area contributed by atoms with E-state index in [1.165, 1.54) is 30.5 Å². The van der Waals surface area contributed by atoms with Gasteiger partial charge in [-0.1, -0.05) is 42.1 Å². The number of carbonyl (C=O) groups excluding carboxylic acids is 1. The molecule has 0 aliphatic heterocycles. The van der Waals surface area contributed by atoms with Crippen molar-refractivity contribution in [3.8, 4) is 6.07 Å². The molecule has 3 rings (SSSR count). The van der Waals surface area contributed by atoms with Crippen molar-refractivity contribution in [2.45, 2.75) is 9.79 Å². The minimum absolute atomic E-state index is 0.0937. The van der Waals surface area contributed by atoms with E-state index in [0.29, 0.717) is 5.69 Å². The van der Waals surface area contributed by atoms with Crippen molar-refractivity contribution in [3.05, 3.63) is 96.5 Å². The average molecular weight is 389 g/mol. The molecule has 0 aromatic heterocycles. The van der Waals surface area contributed by atoms with Gasteiger partial charge in [0, 0.05) is 21.7 Å². The van der Waals surface area contributed by atoms with Crippen LogP contribution in [0.3, 0.4) is 0 Å². The molecule has 6 heteroatoms. The summed E-state index contributed by atoms with van der Waals surface area (Å²) in [4.78, 5) is 14.3. The van der Waals surface area contributed by atoms with Crippen LogP contribution in [0.4, 0.5) is 15.8 Å². The van der Waals surface area contributed by atoms with Gasteiger partial charge in [-0.15, -0.1) is 0 Å². The molecule has 1 amide bonds. The Balaban J connectivity index is 1.73. The summed E-state index contributed by atoms with van der Waals surface area (Å²) in [6.45, 7) is 0. The molecule has 3 aromatic carbocycles. The van der Waals surface area contributed by atoms with Gasteiger partial charge in [0.25, 0.3) is 5.91 Å². The highest BCUT2D eigenvalue weighted by molar-refractivity contribution is 7.99. The Kier molecular flexibility index (Phi) is 6.45. The highest BCUT2D eigenvalue weighted by Crippen LogP contribution is 2.33. The standard InChI is InChI=1S/C22H16FN3OS/c23-17-10-12-18(13-11-17)26-22(27)16(14-24)15-25-20-8-4-5-9-21(20)28-19-6-2-1-3-7-19/h1-13,15,25H,(H,26,27)/b16-15-. The zero-order valence-electron chi connectivity index (χ0n) is 14.7. The van der Waals surface area contributed by atoms with Crippen molar-refractivity contribution in [2.24, 2.45) is 0 Å². The van der Waals surface area contributed by atoms with Gasteiger partial charge in [0.2, 0.25) is 0 Å². The Labute approximate surface area is 166 Å². The second-order valence-corrected chi connectivity index (χ2v) is 6.80. The Morgan fingerprint density at radius 3 is 2.36 bits per heavy atom. The molecule has 0 saturated carbocycles. The fourth-order valence-electron chi connectivity index (χ4n) is 2.32. The van der Waals surface area contributed by atoms with Gasteiger partial charge in [-0.25, -0.2) is 4.39 Å². The van der Waals surface area contributed by atoms with E-state index < -0.39 is 11.7 Å². The third-order valence-corrected chi connectivity index (χ3v) is 4.78. The molecule has 0 bridgehead atoms. The average Bonchev–Trinajstić information content (AvgIpc) is 2.72. The number of nitrogens with zero attached hydrogens (tertiary/aromatic N) is 1. The monoisotopic (exact) mass is 389 g/mol. The van der Waals surface area contributed by atoms with Gasteiger partial charge in [-0.3, -0.25) is 4.79 Å². The highest BCUT2D eigenvalue weighted by Gasteiger charge is 2.10. The molecule has 28 heavy (non-hydrogen) atoms. The largest absolute Gasteiger partial charge is 0.359 e. The number of amides is 1. The topological polar surface area (TPSA) is 64.9 Å². The lowest BCUT2D eigenvalue weighted by atomic mass is 10.2. The Bertz CT molecular complexity index is 1030. The zero-order valence-corrected chi connectivity index (χ0v) is 15.5. The summed E-state index contributed by atoms with van der Waals surface area (Å²) in [5.41, 5.74) is 1.09. The van der Waals surface area contributed by atoms with Crippen LogP contribution < -0.4 is 10.6 Å². The summed E-state index contributed by atoms with van der Waals surface area (Å²) < 4.78 is 13.0. The lowest BCUT2D eigenvalue weighted by Gasteiger charge is -2.09. The molecular weight excluding hydrogens is 373 g/mol. The van der Waals surface area contributed by atoms with E-state index in [-0.39, 0.29) is 5.57 Å². The van der Waals surface area contributed by atoms with Gasteiger partial charge in [0.1, 0.15) is 17.5 Å². The Morgan fingerprint density at radius 2 is 1.64 bits per heavy atom. The fraction of sp³-hybridized carbons (Fsp3) is 0. The molecule has 0 aliphatic rings. The third-order valence-electron chi connectivity index (χ3n) is 3.70. The Morgan fingerprint density at radius 1 is 0.964 bits per heavy atom. The summed E-state index contributed by atoms with van der Waals surface area (Å²) in [5, 5.41) is 14.9. The third kappa shape index (κ3) is 5.22. The second-order valence-electron chi connectivity index (χ2n) is 5.69. The van der Waals surface area contributed by atoms with Gasteiger partial charge < -0.3 is 10.6 Å². The van der Waals surface area contributed by atoms with Gasteiger partial charge in [0.05, 0.1) is 5.69 Å². The number of benzene rings is 3. The summed E-state index contributed by atoms with van der Waals surface area (Å²) in [5.74, 6) is -0.974. The van der Waals surface area contributed by atoms with Crippen LogP contribution in [0, 0.1) is 17.1 Å². The van der Waals surface area contributed by atoms with E-state index in [0.717, 1.165) is 15.5 Å². The maximum absolute atomic E-state index is 13.0. The smallest absolute Gasteiger partial charge is 0.267 e. The molecular formula is C22H16FN3OS. The molecule has 0 unspecified atom stereocenters. The van der Waals surface area contributed by atoms with Crippen LogP contribution in [-0.4, -0.2) is 5.91 Å². The number of rotatable bonds is 6. The van der Waals surface area contributed by atoms with Crippen molar-refractivity contribution in [3.63, 3.8) is 0 Å². The summed E-state index contributed by atoms with van der Waals surface area (Å²) in [7, 11) is 0. The zero-order chi connectivity index (χ0) is 19.8. The number of hydrogen-bond acceptors (Lipinski definition) is 4. The molecule has 138 valence electrons. The molecule has 0 heterocycles. The van der Waals surface area contributed by atoms with Gasteiger partial charge in [-0.2, -0.15) is 5.26 Å². The molecule has 2 N–H and O–H groups in total. The van der Waals surface area contributed by atoms with Crippen molar-refractivity contribution >= 4 is 29.0 Å². The second kappa shape index (κ2) is 9.40. The predicted octanol–water partition coefficient (Wildman–Crippen LogP) is 5.43. The first-order chi connectivity index (χ1) is 13.7. The maximum atomic E-state index is 13.0. The molecule has 3 aromatic rings. The molecule has 0 aliphatic carbocycles. The van der Waals surface area contributed by atoms with Crippen LogP contribution >= 0.6 is 11.8 Å². The number of anilines is 2. The lowest BCUT2D eigenvalue weighted by Crippen LogP contribution is -2.14. The molecule has 0 atom stereocenters. The number of hydrogen-bond donors (Lipinski definition) is 2. The number of carbonyl (C=O) groups is 1. The van der Waals surface area contributed by atoms with E-state index in [1.807, 2.05) is 60.7 Å². The predicted molar refractivity (Wildman–Crippen MR) is 109 cm³/mol.